The first kappa shape index (κ1) is 21.9. The molecule has 23 heavy (non-hydrogen) atoms. The Bertz CT molecular complexity index is 291. The molecule has 1 unspecified atom stereocenters. The van der Waals surface area contributed by atoms with Gasteiger partial charge in [0.15, 0.2) is 0 Å². The number of carbonyl (C=O) groups is 1. The summed E-state index contributed by atoms with van der Waals surface area (Å²) in [6.45, 7) is 2.03. The van der Waals surface area contributed by atoms with Gasteiger partial charge < -0.3 is 33.9 Å². The summed E-state index contributed by atoms with van der Waals surface area (Å²) < 4.78 is 57.4. The first-order valence-corrected chi connectivity index (χ1v) is 6.77. The predicted molar refractivity (Wildman–Crippen MR) is 68.9 cm³/mol. The van der Waals surface area contributed by atoms with Crippen LogP contribution in [0.5, 0.6) is 0 Å². The molecule has 0 spiro atoms. The molecule has 1 saturated heterocycles. The van der Waals surface area contributed by atoms with Crippen LogP contribution in [0.4, 0.5) is 18.0 Å². The lowest BCUT2D eigenvalue weighted by molar-refractivity contribution is -0.193. The van der Waals surface area contributed by atoms with Crippen LogP contribution in [0.2, 0.25) is 0 Å². The number of hydrogen-bond donors (Lipinski definition) is 2. The number of rotatable bonds is 10. The Hall–Kier alpha value is -1.14. The lowest BCUT2D eigenvalue weighted by atomic mass is 10.4. The molecule has 1 aliphatic rings. The summed E-state index contributed by atoms with van der Waals surface area (Å²) in [6, 6.07) is 0. The highest BCUT2D eigenvalue weighted by molar-refractivity contribution is 5.61. The van der Waals surface area contributed by atoms with Gasteiger partial charge in [-0.25, -0.2) is 4.79 Å². The quantitative estimate of drug-likeness (QED) is 0.423. The molecule has 11 heteroatoms. The number of cyclic esters (lactones) is 2. The molecule has 0 radical (unpaired) electrons. The van der Waals surface area contributed by atoms with Crippen LogP contribution in [0.1, 0.15) is 0 Å². The van der Waals surface area contributed by atoms with Crippen LogP contribution in [0.3, 0.4) is 0 Å². The van der Waals surface area contributed by atoms with Crippen molar-refractivity contribution >= 4 is 6.16 Å². The molecule has 1 heterocycles. The van der Waals surface area contributed by atoms with Crippen molar-refractivity contribution in [1.82, 2.24) is 0 Å². The minimum atomic E-state index is -4.51. The highest BCUT2D eigenvalue weighted by atomic mass is 19.4. The van der Waals surface area contributed by atoms with E-state index in [0.717, 1.165) is 0 Å². The van der Waals surface area contributed by atoms with Gasteiger partial charge >= 0.3 is 12.3 Å². The largest absolute Gasteiger partial charge is 0.509 e. The number of hydrogen-bond acceptors (Lipinski definition) is 8. The third-order valence-corrected chi connectivity index (χ3v) is 2.17. The van der Waals surface area contributed by atoms with Crippen molar-refractivity contribution in [1.29, 1.82) is 0 Å². The smallest absolute Gasteiger partial charge is 0.430 e. The SMILES string of the molecule is O=C1OCC(C(F)(F)F)O1.OCCOCCOCCOCCO. The van der Waals surface area contributed by atoms with Crippen LogP contribution in [0.25, 0.3) is 0 Å². The zero-order chi connectivity index (χ0) is 17.6. The molecule has 8 nitrogen and oxygen atoms in total. The van der Waals surface area contributed by atoms with Gasteiger partial charge in [0.05, 0.1) is 52.9 Å². The second-order valence-electron chi connectivity index (χ2n) is 3.99. The number of halogens is 3. The second kappa shape index (κ2) is 13.3. The van der Waals surface area contributed by atoms with E-state index in [4.69, 9.17) is 24.4 Å². The Morgan fingerprint density at radius 2 is 1.39 bits per heavy atom. The first-order valence-electron chi connectivity index (χ1n) is 6.77. The average molecular weight is 350 g/mol. The second-order valence-corrected chi connectivity index (χ2v) is 3.99. The number of ether oxygens (including phenoxy) is 5. The normalized spacial score (nSPS) is 17.3. The van der Waals surface area contributed by atoms with Crippen LogP contribution in [0, 0.1) is 0 Å². The Labute approximate surface area is 131 Å². The molecule has 0 aromatic rings. The molecular weight excluding hydrogens is 329 g/mol. The summed E-state index contributed by atoms with van der Waals surface area (Å²) in [4.78, 5) is 9.96. The number of aliphatic hydroxyl groups excluding tert-OH is 2. The lowest BCUT2D eigenvalue weighted by Crippen LogP contribution is -2.30. The van der Waals surface area contributed by atoms with E-state index in [1.54, 1.807) is 0 Å². The van der Waals surface area contributed by atoms with E-state index < -0.39 is 25.0 Å². The molecule has 0 amide bonds. The Balaban J connectivity index is 0.000000433. The van der Waals surface area contributed by atoms with E-state index >= 15 is 0 Å². The lowest BCUT2D eigenvalue weighted by Gasteiger charge is -2.09. The molecule has 1 rings (SSSR count). The maximum absolute atomic E-state index is 11.6. The van der Waals surface area contributed by atoms with Crippen LogP contribution in [-0.4, -0.2) is 88.1 Å². The van der Waals surface area contributed by atoms with Gasteiger partial charge in [-0.3, -0.25) is 0 Å². The third-order valence-electron chi connectivity index (χ3n) is 2.17. The van der Waals surface area contributed by atoms with E-state index in [9.17, 15) is 18.0 Å². The van der Waals surface area contributed by atoms with E-state index in [-0.39, 0.29) is 13.2 Å². The fourth-order valence-electron chi connectivity index (χ4n) is 1.16. The zero-order valence-corrected chi connectivity index (χ0v) is 12.4. The summed E-state index contributed by atoms with van der Waals surface area (Å²) in [5, 5.41) is 16.7. The fourth-order valence-corrected chi connectivity index (χ4v) is 1.16. The Morgan fingerprint density at radius 3 is 1.65 bits per heavy atom. The van der Waals surface area contributed by atoms with Gasteiger partial charge in [-0.2, -0.15) is 13.2 Å². The minimum Gasteiger partial charge on any atom is -0.430 e. The molecule has 0 aliphatic carbocycles. The van der Waals surface area contributed by atoms with Gasteiger partial charge in [0.2, 0.25) is 6.10 Å². The van der Waals surface area contributed by atoms with Crippen molar-refractivity contribution in [3.05, 3.63) is 0 Å². The Kier molecular flexibility index (Phi) is 12.7. The van der Waals surface area contributed by atoms with Gasteiger partial charge in [0, 0.05) is 0 Å². The number of alkyl halides is 3. The van der Waals surface area contributed by atoms with Gasteiger partial charge in [-0.05, 0) is 0 Å². The molecule has 0 aromatic carbocycles. The molecule has 0 saturated carbocycles. The molecule has 1 fully saturated rings. The summed E-state index contributed by atoms with van der Waals surface area (Å²) in [6.07, 6.45) is -7.85. The van der Waals surface area contributed by atoms with Crippen LogP contribution in [-0.2, 0) is 23.7 Å². The first-order chi connectivity index (χ1) is 10.9. The van der Waals surface area contributed by atoms with Crippen LogP contribution in [0.15, 0.2) is 0 Å². The van der Waals surface area contributed by atoms with E-state index in [1.165, 1.54) is 0 Å². The minimum absolute atomic E-state index is 0.0413. The summed E-state index contributed by atoms with van der Waals surface area (Å²) in [5.41, 5.74) is 0. The molecule has 0 bridgehead atoms. The third kappa shape index (κ3) is 13.0. The van der Waals surface area contributed by atoms with Gasteiger partial charge in [-0.1, -0.05) is 0 Å². The van der Waals surface area contributed by atoms with Crippen molar-refractivity contribution in [2.75, 3.05) is 59.5 Å². The zero-order valence-electron chi connectivity index (χ0n) is 12.4. The highest BCUT2D eigenvalue weighted by Crippen LogP contribution is 2.26. The molecule has 2 N–H and O–H groups in total. The monoisotopic (exact) mass is 350 g/mol. The van der Waals surface area contributed by atoms with Crippen molar-refractivity contribution in [2.24, 2.45) is 0 Å². The average Bonchev–Trinajstić information content (AvgIpc) is 2.93. The number of carbonyl (C=O) groups excluding carboxylic acids is 1. The molecular formula is C12H21F3O8. The van der Waals surface area contributed by atoms with E-state index in [0.29, 0.717) is 39.6 Å². The van der Waals surface area contributed by atoms with E-state index in [1.807, 2.05) is 0 Å². The Morgan fingerprint density at radius 1 is 0.957 bits per heavy atom. The standard InChI is InChI=1S/C8H18O5.C4H3F3O3/c9-1-3-11-5-7-13-8-6-12-4-2-10;5-4(6,7)2-1-9-3(8)10-2/h9-10H,1-8H2;2H,1H2. The van der Waals surface area contributed by atoms with Crippen molar-refractivity contribution < 1.29 is 51.9 Å². The summed E-state index contributed by atoms with van der Waals surface area (Å²) in [7, 11) is 0. The van der Waals surface area contributed by atoms with Crippen LogP contribution < -0.4 is 0 Å². The summed E-state index contributed by atoms with van der Waals surface area (Å²) >= 11 is 0. The van der Waals surface area contributed by atoms with Gasteiger partial charge in [0.25, 0.3) is 0 Å². The molecule has 1 aliphatic heterocycles. The fraction of sp³-hybridized carbons (Fsp3) is 0.917. The molecule has 0 aromatic heterocycles. The highest BCUT2D eigenvalue weighted by Gasteiger charge is 2.47. The maximum Gasteiger partial charge on any atom is 0.509 e. The predicted octanol–water partition coefficient (Wildman–Crippen LogP) is 0.105. The van der Waals surface area contributed by atoms with Gasteiger partial charge in [-0.15, -0.1) is 0 Å². The van der Waals surface area contributed by atoms with Crippen molar-refractivity contribution in [2.45, 2.75) is 12.3 Å². The van der Waals surface area contributed by atoms with Crippen molar-refractivity contribution in [3.8, 4) is 0 Å². The maximum atomic E-state index is 11.6. The van der Waals surface area contributed by atoms with E-state index in [2.05, 4.69) is 9.47 Å². The van der Waals surface area contributed by atoms with Crippen LogP contribution >= 0.6 is 0 Å². The topological polar surface area (TPSA) is 104 Å². The number of aliphatic hydroxyl groups is 2. The molecule has 138 valence electrons. The van der Waals surface area contributed by atoms with Crippen molar-refractivity contribution in [3.63, 3.8) is 0 Å². The molecule has 1 atom stereocenters. The van der Waals surface area contributed by atoms with Gasteiger partial charge in [0.1, 0.15) is 6.61 Å². The summed E-state index contributed by atoms with van der Waals surface area (Å²) in [5.74, 6) is 0.